The molecule has 0 aliphatic carbocycles. The number of halogens is 2. The Balaban J connectivity index is 0.00000208. The monoisotopic (exact) mass is 407 g/mol. The van der Waals surface area contributed by atoms with E-state index in [0.29, 0.717) is 0 Å². The topological polar surface area (TPSA) is 18.8 Å². The fraction of sp³-hybridized carbons (Fsp3) is 0.316. The third-order valence-electron chi connectivity index (χ3n) is 4.14. The second-order valence-corrected chi connectivity index (χ2v) is 6.84. The lowest BCUT2D eigenvalue weighted by atomic mass is 10.1. The highest BCUT2D eigenvalue weighted by Crippen LogP contribution is 2.14. The first kappa shape index (κ1) is 19.0. The minimum absolute atomic E-state index is 0. The van der Waals surface area contributed by atoms with Gasteiger partial charge in [-0.1, -0.05) is 64.0 Å². The predicted octanol–water partition coefficient (Wildman–Crippen LogP) is 4.33. The van der Waals surface area contributed by atoms with Gasteiger partial charge in [-0.25, -0.2) is 0 Å². The van der Waals surface area contributed by atoms with E-state index in [1.54, 1.807) is 0 Å². The van der Waals surface area contributed by atoms with Crippen LogP contribution in [0.4, 0.5) is 0 Å². The molecule has 3 nitrogen and oxygen atoms in total. The Labute approximate surface area is 158 Å². The van der Waals surface area contributed by atoms with Gasteiger partial charge in [0, 0.05) is 42.8 Å². The van der Waals surface area contributed by atoms with Gasteiger partial charge in [-0.05, 0) is 18.6 Å². The summed E-state index contributed by atoms with van der Waals surface area (Å²) >= 11 is 3.55. The van der Waals surface area contributed by atoms with Crippen molar-refractivity contribution in [1.82, 2.24) is 9.91 Å². The summed E-state index contributed by atoms with van der Waals surface area (Å²) in [6.07, 6.45) is 1.94. The number of aryl methyl sites for hydroxylation is 1. The quantitative estimate of drug-likeness (QED) is 0.701. The Morgan fingerprint density at radius 2 is 1.67 bits per heavy atom. The third-order valence-corrected chi connectivity index (χ3v) is 4.86. The van der Waals surface area contributed by atoms with Gasteiger partial charge in [0.25, 0.3) is 0 Å². The van der Waals surface area contributed by atoms with Crippen LogP contribution in [0.25, 0.3) is 0 Å². The van der Waals surface area contributed by atoms with Crippen molar-refractivity contribution >= 4 is 34.6 Å². The van der Waals surface area contributed by atoms with Crippen LogP contribution in [0.15, 0.2) is 58.1 Å². The highest BCUT2D eigenvalue weighted by molar-refractivity contribution is 9.10. The van der Waals surface area contributed by atoms with Crippen molar-refractivity contribution in [3.8, 4) is 0 Å². The highest BCUT2D eigenvalue weighted by atomic mass is 79.9. The van der Waals surface area contributed by atoms with Gasteiger partial charge < -0.3 is 0 Å². The zero-order chi connectivity index (χ0) is 16.1. The molecule has 1 fully saturated rings. The number of hydrogen-bond donors (Lipinski definition) is 0. The molecule has 128 valence electrons. The zero-order valence-electron chi connectivity index (χ0n) is 13.9. The lowest BCUT2D eigenvalue weighted by molar-refractivity contribution is 0.131. The lowest BCUT2D eigenvalue weighted by Crippen LogP contribution is -2.43. The first-order valence-corrected chi connectivity index (χ1v) is 8.81. The van der Waals surface area contributed by atoms with E-state index in [-0.39, 0.29) is 12.4 Å². The Kier molecular flexibility index (Phi) is 7.28. The molecule has 1 heterocycles. The summed E-state index contributed by atoms with van der Waals surface area (Å²) < 4.78 is 1.08. The van der Waals surface area contributed by atoms with Crippen LogP contribution in [0.5, 0.6) is 0 Å². The van der Waals surface area contributed by atoms with Gasteiger partial charge in [0.1, 0.15) is 0 Å². The first-order chi connectivity index (χ1) is 11.2. The van der Waals surface area contributed by atoms with Crippen molar-refractivity contribution in [2.75, 3.05) is 26.2 Å². The van der Waals surface area contributed by atoms with Gasteiger partial charge in [0.2, 0.25) is 0 Å². The molecule has 5 heteroatoms. The van der Waals surface area contributed by atoms with Crippen LogP contribution in [0.2, 0.25) is 0 Å². The molecular formula is C19H23BrClN3. The molecule has 0 bridgehead atoms. The van der Waals surface area contributed by atoms with Gasteiger partial charge >= 0.3 is 0 Å². The van der Waals surface area contributed by atoms with E-state index < -0.39 is 0 Å². The first-order valence-electron chi connectivity index (χ1n) is 8.02. The van der Waals surface area contributed by atoms with Crippen LogP contribution < -0.4 is 0 Å². The van der Waals surface area contributed by atoms with Gasteiger partial charge in [0.05, 0.1) is 6.21 Å². The van der Waals surface area contributed by atoms with Gasteiger partial charge in [-0.15, -0.1) is 12.4 Å². The summed E-state index contributed by atoms with van der Waals surface area (Å²) in [6, 6.07) is 17.0. The minimum Gasteiger partial charge on any atom is -0.295 e. The van der Waals surface area contributed by atoms with Crippen molar-refractivity contribution in [2.45, 2.75) is 13.5 Å². The zero-order valence-corrected chi connectivity index (χ0v) is 16.3. The van der Waals surface area contributed by atoms with Gasteiger partial charge in [0.15, 0.2) is 0 Å². The number of hydrogen-bond acceptors (Lipinski definition) is 3. The number of piperazine rings is 1. The average molecular weight is 409 g/mol. The average Bonchev–Trinajstić information content (AvgIpc) is 2.58. The maximum Gasteiger partial charge on any atom is 0.0554 e. The standard InChI is InChI=1S/C19H22BrN3.ClH/c1-16-6-8-17(9-7-16)15-22-10-12-23(13-11-22)21-14-18-4-2-3-5-19(18)20;/h2-9,14H,10-13,15H2,1H3;1H/b21-14+;. The van der Waals surface area contributed by atoms with Gasteiger partial charge in [-0.2, -0.15) is 5.10 Å². The SMILES string of the molecule is Cc1ccc(CN2CCN(/N=C/c3ccccc3Br)CC2)cc1.Cl. The predicted molar refractivity (Wildman–Crippen MR) is 107 cm³/mol. The molecule has 0 amide bonds. The summed E-state index contributed by atoms with van der Waals surface area (Å²) in [5, 5.41) is 6.78. The Morgan fingerprint density at radius 3 is 2.33 bits per heavy atom. The van der Waals surface area contributed by atoms with E-state index in [1.165, 1.54) is 11.1 Å². The second-order valence-electron chi connectivity index (χ2n) is 5.98. The maximum absolute atomic E-state index is 4.62. The maximum atomic E-state index is 4.62. The molecule has 2 aromatic carbocycles. The molecule has 1 aliphatic heterocycles. The summed E-state index contributed by atoms with van der Waals surface area (Å²) in [5.41, 5.74) is 3.83. The lowest BCUT2D eigenvalue weighted by Gasteiger charge is -2.33. The van der Waals surface area contributed by atoms with E-state index in [1.807, 2.05) is 24.4 Å². The number of rotatable bonds is 4. The Bertz CT molecular complexity index is 665. The summed E-state index contributed by atoms with van der Waals surface area (Å²) in [7, 11) is 0. The Morgan fingerprint density at radius 1 is 1.00 bits per heavy atom. The second kappa shape index (κ2) is 9.21. The van der Waals surface area contributed by atoms with Crippen LogP contribution >= 0.6 is 28.3 Å². The van der Waals surface area contributed by atoms with Crippen molar-refractivity contribution in [2.24, 2.45) is 5.10 Å². The minimum atomic E-state index is 0. The summed E-state index contributed by atoms with van der Waals surface area (Å²) in [6.45, 7) is 7.23. The van der Waals surface area contributed by atoms with Crippen molar-refractivity contribution in [3.63, 3.8) is 0 Å². The molecule has 1 saturated heterocycles. The molecule has 3 rings (SSSR count). The van der Waals surface area contributed by atoms with Gasteiger partial charge in [-0.3, -0.25) is 9.91 Å². The number of benzene rings is 2. The van der Waals surface area contributed by atoms with E-state index in [9.17, 15) is 0 Å². The molecule has 0 spiro atoms. The third kappa shape index (κ3) is 5.33. The van der Waals surface area contributed by atoms with E-state index >= 15 is 0 Å². The molecule has 0 atom stereocenters. The normalized spacial score (nSPS) is 15.5. The van der Waals surface area contributed by atoms with Crippen LogP contribution in [-0.2, 0) is 6.54 Å². The molecule has 0 aromatic heterocycles. The smallest absolute Gasteiger partial charge is 0.0554 e. The molecule has 0 saturated carbocycles. The van der Waals surface area contributed by atoms with Crippen molar-refractivity contribution < 1.29 is 0 Å². The van der Waals surface area contributed by atoms with E-state index in [4.69, 9.17) is 0 Å². The molecule has 24 heavy (non-hydrogen) atoms. The van der Waals surface area contributed by atoms with Crippen LogP contribution in [0.3, 0.4) is 0 Å². The van der Waals surface area contributed by atoms with Crippen molar-refractivity contribution in [3.05, 3.63) is 69.7 Å². The Hall–Kier alpha value is -1.36. The summed E-state index contributed by atoms with van der Waals surface area (Å²) in [5.74, 6) is 0. The molecular weight excluding hydrogens is 386 g/mol. The fourth-order valence-electron chi connectivity index (χ4n) is 2.69. The molecule has 0 unspecified atom stereocenters. The molecule has 1 aliphatic rings. The largest absolute Gasteiger partial charge is 0.295 e. The van der Waals surface area contributed by atoms with Crippen LogP contribution in [0, 0.1) is 6.92 Å². The number of nitrogens with zero attached hydrogens (tertiary/aromatic N) is 3. The molecule has 2 aromatic rings. The van der Waals surface area contributed by atoms with Crippen LogP contribution in [0.1, 0.15) is 16.7 Å². The van der Waals surface area contributed by atoms with Crippen LogP contribution in [-0.4, -0.2) is 42.3 Å². The number of hydrazone groups is 1. The van der Waals surface area contributed by atoms with E-state index in [0.717, 1.165) is 42.8 Å². The van der Waals surface area contributed by atoms with E-state index in [2.05, 4.69) is 68.2 Å². The molecule has 0 N–H and O–H groups in total. The molecule has 0 radical (unpaired) electrons. The summed E-state index contributed by atoms with van der Waals surface area (Å²) in [4.78, 5) is 2.50. The fourth-order valence-corrected chi connectivity index (χ4v) is 3.07. The van der Waals surface area contributed by atoms with Crippen molar-refractivity contribution in [1.29, 1.82) is 0 Å². The highest BCUT2D eigenvalue weighted by Gasteiger charge is 2.15.